The van der Waals surface area contributed by atoms with Crippen LogP contribution in [0.4, 0.5) is 20.6 Å². The van der Waals surface area contributed by atoms with E-state index in [-0.39, 0.29) is 30.8 Å². The van der Waals surface area contributed by atoms with E-state index in [0.717, 1.165) is 5.71 Å². The molecule has 2 N–H and O–H groups in total. The fraction of sp³-hybridized carbons (Fsp3) is 0.526. The number of oxime groups is 1. The number of nitrogens with zero attached hydrogens (tertiary/aromatic N) is 3. The lowest BCUT2D eigenvalue weighted by atomic mass is 9.60. The van der Waals surface area contributed by atoms with Crippen LogP contribution in [0.3, 0.4) is 0 Å². The number of anilines is 2. The number of ether oxygens (including phenoxy) is 1. The van der Waals surface area contributed by atoms with Crippen LogP contribution in [0.2, 0.25) is 0 Å². The number of hydrogen-bond donors (Lipinski definition) is 2. The predicted molar refractivity (Wildman–Crippen MR) is 100 cm³/mol. The zero-order valence-electron chi connectivity index (χ0n) is 15.8. The summed E-state index contributed by atoms with van der Waals surface area (Å²) in [7, 11) is 0. The third kappa shape index (κ3) is 3.04. The van der Waals surface area contributed by atoms with E-state index >= 15 is 0 Å². The summed E-state index contributed by atoms with van der Waals surface area (Å²) in [6.45, 7) is 5.21. The molecule has 0 spiro atoms. The molecule has 1 aliphatic carbocycles. The first kappa shape index (κ1) is 18.5. The SMILES string of the molecule is CC(=O)NC[C@H]1CN(c2ccc(N3C[C@@H]4C(=NO)[C@H](C3)C4C)c(F)c2)C(=O)O1. The molecule has 8 nitrogen and oxygen atoms in total. The van der Waals surface area contributed by atoms with Crippen LogP contribution in [0.1, 0.15) is 13.8 Å². The van der Waals surface area contributed by atoms with Crippen molar-refractivity contribution in [2.24, 2.45) is 22.9 Å². The minimum absolute atomic E-state index is 0.144. The van der Waals surface area contributed by atoms with Crippen molar-refractivity contribution >= 4 is 29.1 Å². The van der Waals surface area contributed by atoms with Crippen LogP contribution in [-0.2, 0) is 9.53 Å². The van der Waals surface area contributed by atoms with Crippen LogP contribution in [0.15, 0.2) is 23.4 Å². The maximum Gasteiger partial charge on any atom is 0.414 e. The summed E-state index contributed by atoms with van der Waals surface area (Å²) in [5, 5.41) is 15.1. The molecule has 2 bridgehead atoms. The number of hydrogen-bond acceptors (Lipinski definition) is 6. The van der Waals surface area contributed by atoms with Gasteiger partial charge >= 0.3 is 6.09 Å². The van der Waals surface area contributed by atoms with Gasteiger partial charge < -0.3 is 20.2 Å². The van der Waals surface area contributed by atoms with E-state index in [2.05, 4.69) is 17.4 Å². The number of nitrogens with one attached hydrogen (secondary N) is 1. The molecular formula is C19H23FN4O4. The average Bonchev–Trinajstić information content (AvgIpc) is 3.05. The van der Waals surface area contributed by atoms with E-state index in [1.807, 2.05) is 4.90 Å². The third-order valence-corrected chi connectivity index (χ3v) is 6.02. The molecule has 3 heterocycles. The highest BCUT2D eigenvalue weighted by atomic mass is 19.1. The Morgan fingerprint density at radius 1 is 1.36 bits per heavy atom. The summed E-state index contributed by atoms with van der Waals surface area (Å²) in [6, 6.07) is 4.71. The topological polar surface area (TPSA) is 94.5 Å². The maximum atomic E-state index is 14.8. The number of carbonyl (C=O) groups is 2. The van der Waals surface area contributed by atoms with Crippen LogP contribution in [0.5, 0.6) is 0 Å². The normalized spacial score (nSPS) is 30.2. The highest BCUT2D eigenvalue weighted by Gasteiger charge is 2.50. The van der Waals surface area contributed by atoms with Gasteiger partial charge in [-0.25, -0.2) is 9.18 Å². The summed E-state index contributed by atoms with van der Waals surface area (Å²) in [5.74, 6) is 0.112. The van der Waals surface area contributed by atoms with Gasteiger partial charge in [0.05, 0.1) is 30.2 Å². The first-order valence-corrected chi connectivity index (χ1v) is 9.38. The van der Waals surface area contributed by atoms with E-state index in [9.17, 15) is 14.0 Å². The number of cyclic esters (lactones) is 1. The molecule has 28 heavy (non-hydrogen) atoms. The van der Waals surface area contributed by atoms with Gasteiger partial charge in [0.2, 0.25) is 5.91 Å². The number of halogens is 1. The molecule has 1 aromatic carbocycles. The monoisotopic (exact) mass is 390 g/mol. The minimum Gasteiger partial charge on any atom is -0.442 e. The number of fused-ring (bicyclic) bond motifs is 2. The molecule has 150 valence electrons. The van der Waals surface area contributed by atoms with Crippen molar-refractivity contribution in [3.63, 3.8) is 0 Å². The lowest BCUT2D eigenvalue weighted by Crippen LogP contribution is -2.61. The number of amides is 2. The summed E-state index contributed by atoms with van der Waals surface area (Å²) >= 11 is 0. The Morgan fingerprint density at radius 2 is 2.07 bits per heavy atom. The second-order valence-electron chi connectivity index (χ2n) is 7.69. The fourth-order valence-electron chi connectivity index (χ4n) is 4.41. The summed E-state index contributed by atoms with van der Waals surface area (Å²) in [5.41, 5.74) is 1.71. The number of carbonyl (C=O) groups excluding carboxylic acids is 2. The van der Waals surface area contributed by atoms with Crippen LogP contribution in [0, 0.1) is 23.6 Å². The first-order chi connectivity index (χ1) is 13.4. The summed E-state index contributed by atoms with van der Waals surface area (Å²) in [6.07, 6.45) is -1.02. The smallest absolute Gasteiger partial charge is 0.414 e. The standard InChI is InChI=1S/C19H23FN4O4/c1-10-14-8-23(9-15(10)18(14)22-27)17-4-3-12(5-16(17)20)24-7-13(28-19(24)26)6-21-11(2)25/h3-5,10,13-15,27H,6-9H2,1-2H3,(H,21,25)/t10?,13-,14-,15+/m0/s1. The lowest BCUT2D eigenvalue weighted by molar-refractivity contribution is -0.119. The van der Waals surface area contributed by atoms with Crippen molar-refractivity contribution in [2.45, 2.75) is 20.0 Å². The van der Waals surface area contributed by atoms with Crippen molar-refractivity contribution in [2.75, 3.05) is 36.0 Å². The average molecular weight is 390 g/mol. The van der Waals surface area contributed by atoms with Crippen molar-refractivity contribution in [3.8, 4) is 0 Å². The van der Waals surface area contributed by atoms with Gasteiger partial charge in [0.25, 0.3) is 0 Å². The highest BCUT2D eigenvalue weighted by molar-refractivity contribution is 5.97. The Morgan fingerprint density at radius 3 is 2.68 bits per heavy atom. The first-order valence-electron chi connectivity index (χ1n) is 9.38. The van der Waals surface area contributed by atoms with Crippen molar-refractivity contribution in [3.05, 3.63) is 24.0 Å². The van der Waals surface area contributed by atoms with Crippen LogP contribution in [0.25, 0.3) is 0 Å². The fourth-order valence-corrected chi connectivity index (χ4v) is 4.41. The summed E-state index contributed by atoms with van der Waals surface area (Å²) in [4.78, 5) is 26.4. The number of rotatable bonds is 4. The van der Waals surface area contributed by atoms with E-state index in [4.69, 9.17) is 9.94 Å². The molecule has 4 fully saturated rings. The highest BCUT2D eigenvalue weighted by Crippen LogP contribution is 2.44. The zero-order valence-corrected chi connectivity index (χ0v) is 15.8. The van der Waals surface area contributed by atoms with Gasteiger partial charge in [-0.1, -0.05) is 12.1 Å². The third-order valence-electron chi connectivity index (χ3n) is 6.02. The van der Waals surface area contributed by atoms with Gasteiger partial charge in [-0.15, -0.1) is 0 Å². The number of piperidine rings is 2. The molecule has 0 radical (unpaired) electrons. The Labute approximate surface area is 161 Å². The second-order valence-corrected chi connectivity index (χ2v) is 7.69. The van der Waals surface area contributed by atoms with E-state index in [1.165, 1.54) is 17.9 Å². The van der Waals surface area contributed by atoms with Crippen molar-refractivity contribution < 1.29 is 23.9 Å². The Balaban J connectivity index is 1.46. The minimum atomic E-state index is -0.556. The Hall–Kier alpha value is -2.84. The maximum absolute atomic E-state index is 14.8. The van der Waals surface area contributed by atoms with Gasteiger partial charge in [0, 0.05) is 31.8 Å². The molecule has 4 atom stereocenters. The molecule has 1 aromatic rings. The van der Waals surface area contributed by atoms with Crippen LogP contribution in [-0.4, -0.2) is 55.2 Å². The summed E-state index contributed by atoms with van der Waals surface area (Å²) < 4.78 is 20.1. The molecule has 3 saturated heterocycles. The van der Waals surface area contributed by atoms with Crippen LogP contribution < -0.4 is 15.1 Å². The largest absolute Gasteiger partial charge is 0.442 e. The second kappa shape index (κ2) is 6.96. The van der Waals surface area contributed by atoms with Gasteiger partial charge in [-0.3, -0.25) is 9.69 Å². The van der Waals surface area contributed by atoms with Crippen molar-refractivity contribution in [1.82, 2.24) is 5.32 Å². The number of benzene rings is 1. The zero-order chi connectivity index (χ0) is 20.0. The van der Waals surface area contributed by atoms with Gasteiger partial charge in [-0.05, 0) is 24.1 Å². The van der Waals surface area contributed by atoms with E-state index in [1.54, 1.807) is 12.1 Å². The van der Waals surface area contributed by atoms with E-state index in [0.29, 0.717) is 30.4 Å². The quantitative estimate of drug-likeness (QED) is 0.604. The van der Waals surface area contributed by atoms with Gasteiger partial charge in [-0.2, -0.15) is 0 Å². The molecule has 1 unspecified atom stereocenters. The molecule has 5 rings (SSSR count). The van der Waals surface area contributed by atoms with Crippen LogP contribution >= 0.6 is 0 Å². The van der Waals surface area contributed by atoms with Gasteiger partial charge in [0.15, 0.2) is 0 Å². The molecule has 0 aromatic heterocycles. The molecular weight excluding hydrogens is 367 g/mol. The predicted octanol–water partition coefficient (Wildman–Crippen LogP) is 1.82. The Kier molecular flexibility index (Phi) is 4.60. The molecule has 3 aliphatic heterocycles. The lowest BCUT2D eigenvalue weighted by Gasteiger charge is -2.53. The Bertz CT molecular complexity index is 829. The van der Waals surface area contributed by atoms with E-state index < -0.39 is 18.0 Å². The van der Waals surface area contributed by atoms with Gasteiger partial charge in [0.1, 0.15) is 11.9 Å². The molecule has 9 heteroatoms. The molecule has 4 aliphatic rings. The molecule has 2 amide bonds. The van der Waals surface area contributed by atoms with Crippen molar-refractivity contribution in [1.29, 1.82) is 0 Å². The molecule has 1 saturated carbocycles.